The van der Waals surface area contributed by atoms with E-state index in [2.05, 4.69) is 16.0 Å². The summed E-state index contributed by atoms with van der Waals surface area (Å²) in [4.78, 5) is 59.2. The predicted molar refractivity (Wildman–Crippen MR) is 108 cm³/mol. The first-order valence-electron chi connectivity index (χ1n) is 9.85. The lowest BCUT2D eigenvalue weighted by atomic mass is 9.99. The smallest absolute Gasteiger partial charge is 0.325 e. The lowest BCUT2D eigenvalue weighted by Gasteiger charge is -2.26. The topological polar surface area (TPSA) is 188 Å². The molecule has 0 bridgehead atoms. The monoisotopic (exact) mass is 430 g/mol. The molecule has 0 aliphatic heterocycles. The van der Waals surface area contributed by atoms with Crippen LogP contribution >= 0.6 is 0 Å². The molecule has 0 aliphatic carbocycles. The van der Waals surface area contributed by atoms with Crippen molar-refractivity contribution in [2.45, 2.75) is 78.0 Å². The molecule has 0 unspecified atom stereocenters. The minimum atomic E-state index is -1.32. The fourth-order valence-electron chi connectivity index (χ4n) is 2.61. The number of nitrogens with two attached hydrogens (primary N) is 1. The van der Waals surface area contributed by atoms with E-state index in [0.717, 1.165) is 0 Å². The van der Waals surface area contributed by atoms with E-state index in [-0.39, 0.29) is 24.7 Å². The van der Waals surface area contributed by atoms with Crippen molar-refractivity contribution in [1.29, 1.82) is 0 Å². The molecule has 0 rings (SSSR count). The fourth-order valence-corrected chi connectivity index (χ4v) is 2.61. The maximum absolute atomic E-state index is 12.8. The van der Waals surface area contributed by atoms with Gasteiger partial charge in [0.25, 0.3) is 0 Å². The second-order valence-corrected chi connectivity index (χ2v) is 8.15. The van der Waals surface area contributed by atoms with Gasteiger partial charge in [0.05, 0.1) is 12.5 Å². The van der Waals surface area contributed by atoms with E-state index in [1.807, 2.05) is 27.7 Å². The first-order chi connectivity index (χ1) is 13.7. The number of nitrogens with one attached hydrogen (secondary N) is 3. The second kappa shape index (κ2) is 12.8. The highest BCUT2D eigenvalue weighted by Gasteiger charge is 2.30. The first-order valence-corrected chi connectivity index (χ1v) is 9.85. The van der Waals surface area contributed by atoms with Gasteiger partial charge in [0.15, 0.2) is 0 Å². The van der Waals surface area contributed by atoms with Crippen LogP contribution in [0.15, 0.2) is 0 Å². The second-order valence-electron chi connectivity index (χ2n) is 8.15. The number of rotatable bonds is 13. The van der Waals surface area contributed by atoms with E-state index in [0.29, 0.717) is 0 Å². The Morgan fingerprint density at radius 1 is 0.733 bits per heavy atom. The Morgan fingerprint density at radius 2 is 1.13 bits per heavy atom. The van der Waals surface area contributed by atoms with Gasteiger partial charge in [0, 0.05) is 0 Å². The van der Waals surface area contributed by atoms with Crippen LogP contribution in [0.5, 0.6) is 0 Å². The lowest BCUT2D eigenvalue weighted by Crippen LogP contribution is -2.57. The average molecular weight is 431 g/mol. The molecule has 30 heavy (non-hydrogen) atoms. The molecular weight excluding hydrogens is 396 g/mol. The largest absolute Gasteiger partial charge is 0.481 e. The predicted octanol–water partition coefficient (Wildman–Crippen LogP) is -0.560. The number of amides is 3. The van der Waals surface area contributed by atoms with Crippen molar-refractivity contribution in [3.05, 3.63) is 0 Å². The van der Waals surface area contributed by atoms with E-state index in [1.54, 1.807) is 0 Å². The van der Waals surface area contributed by atoms with Crippen molar-refractivity contribution in [3.63, 3.8) is 0 Å². The summed E-state index contributed by atoms with van der Waals surface area (Å²) in [5.41, 5.74) is 5.55. The maximum atomic E-state index is 12.8. The molecule has 0 radical (unpaired) electrons. The van der Waals surface area contributed by atoms with E-state index in [4.69, 9.17) is 15.9 Å². The molecule has 11 nitrogen and oxygen atoms in total. The molecule has 0 fully saturated rings. The van der Waals surface area contributed by atoms with E-state index < -0.39 is 60.2 Å². The van der Waals surface area contributed by atoms with Gasteiger partial charge in [-0.05, 0) is 31.6 Å². The molecule has 0 heterocycles. The number of carbonyl (C=O) groups excluding carboxylic acids is 3. The van der Waals surface area contributed by atoms with Gasteiger partial charge in [-0.15, -0.1) is 0 Å². The van der Waals surface area contributed by atoms with Gasteiger partial charge in [0.1, 0.15) is 18.1 Å². The van der Waals surface area contributed by atoms with Gasteiger partial charge in [-0.2, -0.15) is 0 Å². The van der Waals surface area contributed by atoms with E-state index in [9.17, 15) is 24.0 Å². The number of hydrogen-bond donors (Lipinski definition) is 6. The number of hydrogen-bond acceptors (Lipinski definition) is 6. The van der Waals surface area contributed by atoms with Crippen molar-refractivity contribution >= 4 is 29.7 Å². The van der Waals surface area contributed by atoms with Crippen LogP contribution in [0.25, 0.3) is 0 Å². The molecule has 7 N–H and O–H groups in total. The number of carbonyl (C=O) groups is 5. The molecule has 4 atom stereocenters. The maximum Gasteiger partial charge on any atom is 0.325 e. The standard InChI is InChI=1S/C19H34N4O7/c1-9(2)6-13(17(27)21-11(5)19(29)30)23-18(28)14(7-10(3)4)22-16(26)12(20)8-15(24)25/h9-14H,6-8,20H2,1-5H3,(H,21,27)(H,22,26)(H,23,28)(H,24,25)(H,29,30)/t11-,12-,13-,14-/m0/s1. The summed E-state index contributed by atoms with van der Waals surface area (Å²) < 4.78 is 0. The Labute approximate surface area is 176 Å². The zero-order valence-corrected chi connectivity index (χ0v) is 18.1. The summed E-state index contributed by atoms with van der Waals surface area (Å²) in [6.07, 6.45) is -0.100. The molecular formula is C19H34N4O7. The molecule has 0 aromatic heterocycles. The third-order valence-corrected chi connectivity index (χ3v) is 4.14. The zero-order chi connectivity index (χ0) is 23.6. The number of carboxylic acid groups (broad SMARTS) is 2. The number of aliphatic carboxylic acids is 2. The average Bonchev–Trinajstić information content (AvgIpc) is 2.58. The van der Waals surface area contributed by atoms with E-state index in [1.165, 1.54) is 6.92 Å². The molecule has 0 saturated heterocycles. The summed E-state index contributed by atoms with van der Waals surface area (Å²) in [7, 11) is 0. The van der Waals surface area contributed by atoms with Gasteiger partial charge in [0.2, 0.25) is 17.7 Å². The van der Waals surface area contributed by atoms with Gasteiger partial charge in [-0.1, -0.05) is 27.7 Å². The first kappa shape index (κ1) is 27.3. The normalized spacial score (nSPS) is 15.1. The third-order valence-electron chi connectivity index (χ3n) is 4.14. The van der Waals surface area contributed by atoms with Crippen LogP contribution < -0.4 is 21.7 Å². The molecule has 0 aromatic rings. The SMILES string of the molecule is CC(C)C[C@H](NC(=O)[C@H](CC(C)C)NC(=O)[C@@H](N)CC(=O)O)C(=O)N[C@@H](C)C(=O)O. The lowest BCUT2D eigenvalue weighted by molar-refractivity contribution is -0.142. The van der Waals surface area contributed by atoms with Crippen molar-refractivity contribution in [1.82, 2.24) is 16.0 Å². The van der Waals surface area contributed by atoms with E-state index >= 15 is 0 Å². The Kier molecular flexibility index (Phi) is 11.6. The Bertz CT molecular complexity index is 636. The summed E-state index contributed by atoms with van der Waals surface area (Å²) in [5.74, 6) is -4.52. The van der Waals surface area contributed by atoms with Crippen molar-refractivity contribution in [2.75, 3.05) is 0 Å². The Hall–Kier alpha value is -2.69. The quantitative estimate of drug-likeness (QED) is 0.224. The van der Waals surface area contributed by atoms with Gasteiger partial charge in [-0.3, -0.25) is 24.0 Å². The van der Waals surface area contributed by atoms with Crippen molar-refractivity contribution in [3.8, 4) is 0 Å². The van der Waals surface area contributed by atoms with Crippen molar-refractivity contribution < 1.29 is 34.2 Å². The summed E-state index contributed by atoms with van der Waals surface area (Å²) in [6.45, 7) is 8.64. The van der Waals surface area contributed by atoms with Gasteiger partial charge < -0.3 is 31.9 Å². The summed E-state index contributed by atoms with van der Waals surface area (Å²) >= 11 is 0. The zero-order valence-electron chi connectivity index (χ0n) is 18.1. The van der Waals surface area contributed by atoms with Crippen molar-refractivity contribution in [2.24, 2.45) is 17.6 Å². The molecule has 0 spiro atoms. The molecule has 172 valence electrons. The number of carboxylic acids is 2. The van der Waals surface area contributed by atoms with Crippen LogP contribution in [0.3, 0.4) is 0 Å². The summed E-state index contributed by atoms with van der Waals surface area (Å²) in [6, 6.07) is -4.49. The fraction of sp³-hybridized carbons (Fsp3) is 0.737. The van der Waals surface area contributed by atoms with Crippen LogP contribution in [0.2, 0.25) is 0 Å². The Balaban J connectivity index is 5.36. The minimum absolute atomic E-state index is 0.00107. The summed E-state index contributed by atoms with van der Waals surface area (Å²) in [5, 5.41) is 25.1. The molecule has 3 amide bonds. The minimum Gasteiger partial charge on any atom is -0.481 e. The molecule has 11 heteroatoms. The van der Waals surface area contributed by atoms with Crippen LogP contribution in [0.1, 0.15) is 53.9 Å². The van der Waals surface area contributed by atoms with Gasteiger partial charge in [-0.25, -0.2) is 0 Å². The van der Waals surface area contributed by atoms with Crippen LogP contribution in [-0.4, -0.2) is 64.0 Å². The molecule has 0 aromatic carbocycles. The highest BCUT2D eigenvalue weighted by atomic mass is 16.4. The van der Waals surface area contributed by atoms with Gasteiger partial charge >= 0.3 is 11.9 Å². The highest BCUT2D eigenvalue weighted by Crippen LogP contribution is 2.09. The highest BCUT2D eigenvalue weighted by molar-refractivity contribution is 5.94. The third kappa shape index (κ3) is 10.7. The molecule has 0 saturated carbocycles. The van der Waals surface area contributed by atoms with Crippen LogP contribution in [0, 0.1) is 11.8 Å². The van der Waals surface area contributed by atoms with Crippen LogP contribution in [0.4, 0.5) is 0 Å². The Morgan fingerprint density at radius 3 is 1.50 bits per heavy atom. The van der Waals surface area contributed by atoms with Crippen LogP contribution in [-0.2, 0) is 24.0 Å². The molecule has 0 aliphatic rings.